The highest BCUT2D eigenvalue weighted by molar-refractivity contribution is 8.00. The van der Waals surface area contributed by atoms with E-state index in [0.29, 0.717) is 11.6 Å². The van der Waals surface area contributed by atoms with Crippen LogP contribution in [0.15, 0.2) is 36.4 Å². The molecule has 2 aliphatic rings. The second-order valence-electron chi connectivity index (χ2n) is 7.74. The van der Waals surface area contributed by atoms with Gasteiger partial charge in [0.1, 0.15) is 11.5 Å². The number of carbonyl (C=O) groups excluding carboxylic acids is 3. The number of hydrogen-bond donors (Lipinski definition) is 2. The van der Waals surface area contributed by atoms with Crippen LogP contribution < -0.4 is 11.1 Å². The summed E-state index contributed by atoms with van der Waals surface area (Å²) in [4.78, 5) is 40.1. The highest BCUT2D eigenvalue weighted by Gasteiger charge is 2.50. The molecule has 1 heterocycles. The van der Waals surface area contributed by atoms with Gasteiger partial charge in [0, 0.05) is 28.7 Å². The lowest BCUT2D eigenvalue weighted by Crippen LogP contribution is -2.60. The molecule has 1 fully saturated rings. The first-order valence-electron chi connectivity index (χ1n) is 9.70. The molecule has 3 N–H and O–H groups in total. The number of rotatable bonds is 9. The van der Waals surface area contributed by atoms with Crippen molar-refractivity contribution in [2.45, 2.75) is 30.1 Å². The third kappa shape index (κ3) is 4.63. The molecule has 3 amide bonds. The number of carbonyl (C=O) groups is 3. The van der Waals surface area contributed by atoms with Gasteiger partial charge < -0.3 is 16.0 Å². The number of nitrogens with one attached hydrogen (secondary N) is 1. The number of amides is 3. The van der Waals surface area contributed by atoms with E-state index in [1.807, 2.05) is 6.26 Å². The summed E-state index contributed by atoms with van der Waals surface area (Å²) in [6, 6.07) is 6.04. The lowest BCUT2D eigenvalue weighted by atomic mass is 9.76. The summed E-state index contributed by atoms with van der Waals surface area (Å²) in [5.41, 5.74) is 4.85. The number of nitrogens with two attached hydrogens (primary N) is 1. The van der Waals surface area contributed by atoms with Gasteiger partial charge in [-0.3, -0.25) is 14.4 Å². The minimum absolute atomic E-state index is 0.0809. The molecule has 0 radical (unpaired) electrons. The number of thioether (sulfide) groups is 1. The van der Waals surface area contributed by atoms with Gasteiger partial charge in [0.25, 0.3) is 0 Å². The summed E-state index contributed by atoms with van der Waals surface area (Å²) in [7, 11) is 0. The molecule has 30 heavy (non-hydrogen) atoms. The first kappa shape index (κ1) is 23.0. The number of hydrogen-bond acceptors (Lipinski definition) is 4. The Bertz CT molecular complexity index is 858. The zero-order valence-corrected chi connectivity index (χ0v) is 19.0. The quantitative estimate of drug-likeness (QED) is 0.329. The van der Waals surface area contributed by atoms with Crippen LogP contribution in [0.2, 0.25) is 5.02 Å². The lowest BCUT2D eigenvalue weighted by molar-refractivity contribution is -0.151. The minimum Gasteiger partial charge on any atom is -0.368 e. The number of primary amides is 1. The molecular weight excluding hydrogens is 445 g/mol. The summed E-state index contributed by atoms with van der Waals surface area (Å²) in [5, 5.41) is 3.50. The molecule has 162 valence electrons. The third-order valence-electron chi connectivity index (χ3n) is 5.80. The molecule has 0 saturated heterocycles. The molecule has 3 rings (SSSR count). The molecular formula is C21H25Cl2N3O3S. The van der Waals surface area contributed by atoms with E-state index >= 15 is 0 Å². The highest BCUT2D eigenvalue weighted by Crippen LogP contribution is 2.46. The fourth-order valence-corrected chi connectivity index (χ4v) is 4.69. The van der Waals surface area contributed by atoms with Gasteiger partial charge in [-0.1, -0.05) is 35.9 Å². The van der Waals surface area contributed by atoms with Gasteiger partial charge >= 0.3 is 0 Å². The van der Waals surface area contributed by atoms with Gasteiger partial charge in [-0.15, -0.1) is 11.6 Å². The summed E-state index contributed by atoms with van der Waals surface area (Å²) < 4.78 is 0.0981. The number of benzene rings is 1. The van der Waals surface area contributed by atoms with Crippen LogP contribution in [-0.2, 0) is 20.8 Å². The van der Waals surface area contributed by atoms with E-state index in [1.165, 1.54) is 11.0 Å². The van der Waals surface area contributed by atoms with Gasteiger partial charge in [0.15, 0.2) is 0 Å². The van der Waals surface area contributed by atoms with Crippen LogP contribution in [-0.4, -0.2) is 58.6 Å². The molecule has 1 aromatic rings. The monoisotopic (exact) mass is 469 g/mol. The average molecular weight is 470 g/mol. The minimum atomic E-state index is -1.58. The fraction of sp³-hybridized carbons (Fsp3) is 0.476. The van der Waals surface area contributed by atoms with E-state index in [2.05, 4.69) is 5.32 Å². The van der Waals surface area contributed by atoms with Crippen LogP contribution in [0, 0.1) is 5.41 Å². The Morgan fingerprint density at radius 2 is 1.97 bits per heavy atom. The summed E-state index contributed by atoms with van der Waals surface area (Å²) in [6.45, 7) is 0.679. The molecule has 1 aliphatic heterocycles. The van der Waals surface area contributed by atoms with E-state index in [0.717, 1.165) is 18.4 Å². The topological polar surface area (TPSA) is 92.5 Å². The zero-order chi connectivity index (χ0) is 21.9. The van der Waals surface area contributed by atoms with E-state index < -0.39 is 23.3 Å². The normalized spacial score (nSPS) is 24.6. The molecule has 1 aromatic carbocycles. The number of halogens is 2. The zero-order valence-electron chi connectivity index (χ0n) is 16.7. The van der Waals surface area contributed by atoms with Crippen molar-refractivity contribution < 1.29 is 14.4 Å². The summed E-state index contributed by atoms with van der Waals surface area (Å²) in [5.74, 6) is -1.43. The van der Waals surface area contributed by atoms with E-state index in [-0.39, 0.29) is 29.5 Å². The Morgan fingerprint density at radius 1 is 1.30 bits per heavy atom. The first-order valence-corrected chi connectivity index (χ1v) is 11.8. The molecule has 2 unspecified atom stereocenters. The van der Waals surface area contributed by atoms with Crippen molar-refractivity contribution in [1.82, 2.24) is 10.2 Å². The van der Waals surface area contributed by atoms with Crippen LogP contribution in [0.25, 0.3) is 0 Å². The molecule has 1 saturated carbocycles. The smallest absolute Gasteiger partial charge is 0.246 e. The molecule has 6 nitrogen and oxygen atoms in total. The Morgan fingerprint density at radius 3 is 2.50 bits per heavy atom. The third-order valence-corrected chi connectivity index (χ3v) is 7.64. The van der Waals surface area contributed by atoms with Gasteiger partial charge in [-0.25, -0.2) is 0 Å². The lowest BCUT2D eigenvalue weighted by Gasteiger charge is -2.40. The van der Waals surface area contributed by atoms with E-state index in [4.69, 9.17) is 28.9 Å². The van der Waals surface area contributed by atoms with Gasteiger partial charge in [0.05, 0.1) is 0 Å². The highest BCUT2D eigenvalue weighted by atomic mass is 35.5. The van der Waals surface area contributed by atoms with Gasteiger partial charge in [0.2, 0.25) is 17.7 Å². The average Bonchev–Trinajstić information content (AvgIpc) is 3.51. The fourth-order valence-electron chi connectivity index (χ4n) is 3.65. The summed E-state index contributed by atoms with van der Waals surface area (Å²) in [6.07, 6.45) is 7.29. The standard InChI is InChI=1S/C21H25Cl2N3O3S/c1-30-20(8-9-20)13-25-17(27)16-6-7-21(18(24)28,19(29)26(16)11-10-22)12-14-2-4-15(23)5-3-14/h2-7,16H,8-13H2,1H3,(H2,24,28)(H,25,27). The van der Waals surface area contributed by atoms with Crippen LogP contribution in [0.1, 0.15) is 18.4 Å². The van der Waals surface area contributed by atoms with Crippen molar-refractivity contribution in [2.75, 3.05) is 25.2 Å². The van der Waals surface area contributed by atoms with Gasteiger partial charge in [-0.2, -0.15) is 11.8 Å². The second kappa shape index (κ2) is 9.20. The Kier molecular flexibility index (Phi) is 7.05. The maximum Gasteiger partial charge on any atom is 0.246 e. The Labute approximate surface area is 190 Å². The van der Waals surface area contributed by atoms with Crippen LogP contribution in [0.3, 0.4) is 0 Å². The molecule has 0 aromatic heterocycles. The molecule has 0 spiro atoms. The SMILES string of the molecule is CSC1(CNC(=O)C2C=CC(Cc3ccc(Cl)cc3)(C(N)=O)C(=O)N2CCCl)CC1. The molecule has 2 atom stereocenters. The second-order valence-corrected chi connectivity index (χ2v) is 9.82. The van der Waals surface area contributed by atoms with E-state index in [9.17, 15) is 14.4 Å². The number of nitrogens with zero attached hydrogens (tertiary/aromatic N) is 1. The largest absolute Gasteiger partial charge is 0.368 e. The van der Waals surface area contributed by atoms with Crippen molar-refractivity contribution in [1.29, 1.82) is 0 Å². The maximum atomic E-state index is 13.4. The Balaban J connectivity index is 1.86. The Hall–Kier alpha value is -1.70. The molecule has 9 heteroatoms. The predicted molar refractivity (Wildman–Crippen MR) is 121 cm³/mol. The first-order chi connectivity index (χ1) is 14.3. The summed E-state index contributed by atoms with van der Waals surface area (Å²) >= 11 is 13.6. The maximum absolute atomic E-state index is 13.4. The predicted octanol–water partition coefficient (Wildman–Crippen LogP) is 2.37. The van der Waals surface area contributed by atoms with Gasteiger partial charge in [-0.05, 0) is 43.2 Å². The van der Waals surface area contributed by atoms with Crippen molar-refractivity contribution in [2.24, 2.45) is 11.1 Å². The van der Waals surface area contributed by atoms with Crippen molar-refractivity contribution in [3.8, 4) is 0 Å². The van der Waals surface area contributed by atoms with E-state index in [1.54, 1.807) is 42.1 Å². The molecule has 1 aliphatic carbocycles. The number of alkyl halides is 1. The molecule has 0 bridgehead atoms. The van der Waals surface area contributed by atoms with Crippen LogP contribution in [0.5, 0.6) is 0 Å². The van der Waals surface area contributed by atoms with Crippen molar-refractivity contribution >= 4 is 52.7 Å². The van der Waals surface area contributed by atoms with Crippen molar-refractivity contribution in [3.63, 3.8) is 0 Å². The van der Waals surface area contributed by atoms with Crippen LogP contribution >= 0.6 is 35.0 Å². The van der Waals surface area contributed by atoms with Crippen molar-refractivity contribution in [3.05, 3.63) is 47.0 Å². The van der Waals surface area contributed by atoms with Crippen LogP contribution in [0.4, 0.5) is 0 Å².